The number of aromatic nitrogens is 3. The number of anilines is 1. The third kappa shape index (κ3) is 3.61. The highest BCUT2D eigenvalue weighted by atomic mass is 32.1. The van der Waals surface area contributed by atoms with Gasteiger partial charge in [0.15, 0.2) is 10.8 Å². The Labute approximate surface area is 162 Å². The highest BCUT2D eigenvalue weighted by molar-refractivity contribution is 7.22. The van der Waals surface area contributed by atoms with E-state index in [4.69, 9.17) is 9.72 Å². The van der Waals surface area contributed by atoms with Crippen molar-refractivity contribution in [3.8, 4) is 0 Å². The van der Waals surface area contributed by atoms with Gasteiger partial charge < -0.3 is 4.74 Å². The van der Waals surface area contributed by atoms with Crippen molar-refractivity contribution in [2.24, 2.45) is 0 Å². The van der Waals surface area contributed by atoms with Crippen LogP contribution < -0.4 is 4.90 Å². The summed E-state index contributed by atoms with van der Waals surface area (Å²) in [5, 5.41) is 5.19. The van der Waals surface area contributed by atoms with Crippen LogP contribution in [0.25, 0.3) is 10.2 Å². The summed E-state index contributed by atoms with van der Waals surface area (Å²) in [7, 11) is 0. The number of aryl methyl sites for hydroxylation is 3. The lowest BCUT2D eigenvalue weighted by molar-refractivity contribution is 0.0912. The van der Waals surface area contributed by atoms with E-state index in [2.05, 4.69) is 18.1 Å². The largest absolute Gasteiger partial charge is 0.376 e. The van der Waals surface area contributed by atoms with Crippen molar-refractivity contribution in [2.45, 2.75) is 46.3 Å². The molecule has 1 aliphatic heterocycles. The van der Waals surface area contributed by atoms with Crippen molar-refractivity contribution in [1.82, 2.24) is 14.8 Å². The van der Waals surface area contributed by atoms with Gasteiger partial charge in [0, 0.05) is 18.8 Å². The fourth-order valence-electron chi connectivity index (χ4n) is 3.45. The average molecular weight is 385 g/mol. The maximum Gasteiger partial charge on any atom is 0.280 e. The smallest absolute Gasteiger partial charge is 0.280 e. The zero-order chi connectivity index (χ0) is 19.0. The van der Waals surface area contributed by atoms with E-state index < -0.39 is 0 Å². The van der Waals surface area contributed by atoms with Crippen molar-refractivity contribution >= 4 is 32.6 Å². The minimum absolute atomic E-state index is 0.0528. The molecule has 1 saturated heterocycles. The molecule has 4 rings (SSSR count). The highest BCUT2D eigenvalue weighted by Gasteiger charge is 2.28. The molecular weight excluding hydrogens is 360 g/mol. The van der Waals surface area contributed by atoms with E-state index in [0.29, 0.717) is 17.4 Å². The predicted octanol–water partition coefficient (Wildman–Crippen LogP) is 3.96. The Morgan fingerprint density at radius 3 is 2.93 bits per heavy atom. The first kappa shape index (κ1) is 18.1. The lowest BCUT2D eigenvalue weighted by Gasteiger charge is -2.22. The van der Waals surface area contributed by atoms with Crippen LogP contribution in [-0.4, -0.2) is 39.9 Å². The van der Waals surface area contributed by atoms with Gasteiger partial charge in [-0.1, -0.05) is 17.4 Å². The van der Waals surface area contributed by atoms with Gasteiger partial charge in [-0.15, -0.1) is 0 Å². The number of carbonyl (C=O) groups excluding carboxylic acids is 1. The maximum atomic E-state index is 13.3. The van der Waals surface area contributed by atoms with Crippen LogP contribution in [-0.2, 0) is 11.3 Å². The Kier molecular flexibility index (Phi) is 4.97. The number of nitrogens with zero attached hydrogens (tertiary/aromatic N) is 4. The minimum Gasteiger partial charge on any atom is -0.376 e. The van der Waals surface area contributed by atoms with Crippen LogP contribution >= 0.6 is 11.3 Å². The van der Waals surface area contributed by atoms with Gasteiger partial charge >= 0.3 is 0 Å². The average Bonchev–Trinajstić information content (AvgIpc) is 3.37. The molecule has 0 unspecified atom stereocenters. The van der Waals surface area contributed by atoms with Crippen molar-refractivity contribution in [1.29, 1.82) is 0 Å². The Balaban J connectivity index is 1.71. The van der Waals surface area contributed by atoms with Gasteiger partial charge in [0.1, 0.15) is 0 Å². The highest BCUT2D eigenvalue weighted by Crippen LogP contribution is 2.31. The summed E-state index contributed by atoms with van der Waals surface area (Å²) in [6, 6.07) is 8.02. The molecule has 27 heavy (non-hydrogen) atoms. The molecule has 142 valence electrons. The summed E-state index contributed by atoms with van der Waals surface area (Å²) in [5.41, 5.74) is 3.55. The zero-order valence-corrected chi connectivity index (χ0v) is 16.8. The number of ether oxygens (including phenoxy) is 1. The van der Waals surface area contributed by atoms with E-state index >= 15 is 0 Å². The standard InChI is InChI=1S/C20H24N4O2S/c1-4-24-14(3)11-17(22-24)19(25)23(12-15-6-5-9-26-15)20-21-16-8-7-13(2)10-18(16)27-20/h7-8,10-11,15H,4-6,9,12H2,1-3H3/t15-/m1/s1. The number of hydrogen-bond donors (Lipinski definition) is 0. The summed E-state index contributed by atoms with van der Waals surface area (Å²) in [5.74, 6) is -0.114. The second kappa shape index (κ2) is 7.40. The fourth-order valence-corrected chi connectivity index (χ4v) is 4.52. The second-order valence-electron chi connectivity index (χ2n) is 7.01. The number of thiazole rings is 1. The molecule has 1 atom stereocenters. The van der Waals surface area contributed by atoms with Crippen LogP contribution in [0.1, 0.15) is 41.5 Å². The minimum atomic E-state index is -0.114. The third-order valence-electron chi connectivity index (χ3n) is 4.92. The van der Waals surface area contributed by atoms with Crippen molar-refractivity contribution in [3.05, 3.63) is 41.2 Å². The van der Waals surface area contributed by atoms with Crippen LogP contribution in [0, 0.1) is 13.8 Å². The molecule has 0 spiro atoms. The van der Waals surface area contributed by atoms with Gasteiger partial charge in [-0.05, 0) is 57.4 Å². The van der Waals surface area contributed by atoms with Gasteiger partial charge in [-0.3, -0.25) is 14.4 Å². The molecule has 3 aromatic rings. The number of amides is 1. The van der Waals surface area contributed by atoms with Crippen LogP contribution in [0.3, 0.4) is 0 Å². The summed E-state index contributed by atoms with van der Waals surface area (Å²) in [6.45, 7) is 8.07. The quantitative estimate of drug-likeness (QED) is 0.668. The summed E-state index contributed by atoms with van der Waals surface area (Å²) in [6.07, 6.45) is 2.06. The fraction of sp³-hybridized carbons (Fsp3) is 0.450. The van der Waals surface area contributed by atoms with E-state index in [9.17, 15) is 4.79 Å². The number of rotatable bonds is 5. The summed E-state index contributed by atoms with van der Waals surface area (Å²) in [4.78, 5) is 19.8. The Bertz CT molecular complexity index is 972. The first-order valence-electron chi connectivity index (χ1n) is 9.40. The van der Waals surface area contributed by atoms with Gasteiger partial charge in [0.25, 0.3) is 5.91 Å². The topological polar surface area (TPSA) is 60.2 Å². The van der Waals surface area contributed by atoms with Crippen molar-refractivity contribution < 1.29 is 9.53 Å². The normalized spacial score (nSPS) is 16.9. The molecule has 2 aromatic heterocycles. The Morgan fingerprint density at radius 2 is 2.22 bits per heavy atom. The Morgan fingerprint density at radius 1 is 1.37 bits per heavy atom. The lowest BCUT2D eigenvalue weighted by atomic mass is 10.2. The predicted molar refractivity (Wildman–Crippen MR) is 108 cm³/mol. The molecule has 0 aliphatic carbocycles. The van der Waals surface area contributed by atoms with Crippen LogP contribution in [0.4, 0.5) is 5.13 Å². The number of hydrogen-bond acceptors (Lipinski definition) is 5. The van der Waals surface area contributed by atoms with E-state index in [1.807, 2.05) is 36.7 Å². The molecule has 6 nitrogen and oxygen atoms in total. The number of carbonyl (C=O) groups is 1. The molecule has 0 bridgehead atoms. The first-order chi connectivity index (χ1) is 13.0. The van der Waals surface area contributed by atoms with Crippen LogP contribution in [0.5, 0.6) is 0 Å². The van der Waals surface area contributed by atoms with Gasteiger partial charge in [0.05, 0.1) is 22.9 Å². The van der Waals surface area contributed by atoms with Gasteiger partial charge in [0.2, 0.25) is 0 Å². The molecular formula is C20H24N4O2S. The summed E-state index contributed by atoms with van der Waals surface area (Å²) >= 11 is 1.55. The first-order valence-corrected chi connectivity index (χ1v) is 10.2. The maximum absolute atomic E-state index is 13.3. The molecule has 7 heteroatoms. The second-order valence-corrected chi connectivity index (χ2v) is 8.01. The van der Waals surface area contributed by atoms with Crippen molar-refractivity contribution in [3.63, 3.8) is 0 Å². The van der Waals surface area contributed by atoms with Crippen LogP contribution in [0.2, 0.25) is 0 Å². The number of fused-ring (bicyclic) bond motifs is 1. The third-order valence-corrected chi connectivity index (χ3v) is 5.96. The van der Waals surface area contributed by atoms with Crippen molar-refractivity contribution in [2.75, 3.05) is 18.1 Å². The number of benzene rings is 1. The molecule has 3 heterocycles. The van der Waals surface area contributed by atoms with E-state index in [-0.39, 0.29) is 12.0 Å². The zero-order valence-electron chi connectivity index (χ0n) is 15.9. The molecule has 0 N–H and O–H groups in total. The molecule has 1 aliphatic rings. The monoisotopic (exact) mass is 384 g/mol. The molecule has 0 saturated carbocycles. The van der Waals surface area contributed by atoms with E-state index in [1.165, 1.54) is 5.56 Å². The Hall–Kier alpha value is -2.25. The van der Waals surface area contributed by atoms with Gasteiger partial charge in [-0.25, -0.2) is 4.98 Å². The van der Waals surface area contributed by atoms with Crippen LogP contribution in [0.15, 0.2) is 24.3 Å². The lowest BCUT2D eigenvalue weighted by Crippen LogP contribution is -2.37. The summed E-state index contributed by atoms with van der Waals surface area (Å²) < 4.78 is 8.73. The van der Waals surface area contributed by atoms with E-state index in [1.54, 1.807) is 16.2 Å². The van der Waals surface area contributed by atoms with E-state index in [0.717, 1.165) is 41.9 Å². The molecule has 0 radical (unpaired) electrons. The molecule has 1 aromatic carbocycles. The van der Waals surface area contributed by atoms with Gasteiger partial charge in [-0.2, -0.15) is 5.10 Å². The molecule has 1 fully saturated rings. The SMILES string of the molecule is CCn1nc(C(=O)N(C[C@H]2CCCO2)c2nc3ccc(C)cc3s2)cc1C. The molecule has 1 amide bonds.